The highest BCUT2D eigenvalue weighted by Gasteiger charge is 2.42. The van der Waals surface area contributed by atoms with Gasteiger partial charge in [0.2, 0.25) is 0 Å². The van der Waals surface area contributed by atoms with Crippen LogP contribution in [0.4, 0.5) is 8.78 Å². The minimum absolute atomic E-state index is 0.307. The lowest BCUT2D eigenvalue weighted by molar-refractivity contribution is -0.145. The molecular weight excluding hydrogens is 184 g/mol. The van der Waals surface area contributed by atoms with Crippen LogP contribution in [0.1, 0.15) is 6.42 Å². The van der Waals surface area contributed by atoms with Crippen LogP contribution in [0.25, 0.3) is 0 Å². The molecule has 72 valence electrons. The smallest absolute Gasteiger partial charge is 0.313 e. The van der Waals surface area contributed by atoms with Gasteiger partial charge >= 0.3 is 5.97 Å². The Bertz CT molecular complexity index is 283. The van der Waals surface area contributed by atoms with E-state index in [1.807, 2.05) is 0 Å². The molecule has 0 amide bonds. The number of carboxylic acids is 1. The second kappa shape index (κ2) is 3.14. The van der Waals surface area contributed by atoms with E-state index in [0.717, 1.165) is 0 Å². The second-order valence-corrected chi connectivity index (χ2v) is 2.82. The van der Waals surface area contributed by atoms with Crippen molar-refractivity contribution in [2.45, 2.75) is 12.3 Å². The normalized spacial score (nSPS) is 26.0. The zero-order valence-corrected chi connectivity index (χ0v) is 6.51. The molecule has 13 heavy (non-hydrogen) atoms. The third kappa shape index (κ3) is 2.03. The summed E-state index contributed by atoms with van der Waals surface area (Å²) < 4.78 is 25.3. The molecule has 0 saturated carbocycles. The van der Waals surface area contributed by atoms with Gasteiger partial charge in [0.25, 0.3) is 5.92 Å². The van der Waals surface area contributed by atoms with E-state index in [1.54, 1.807) is 0 Å². The maximum atomic E-state index is 12.7. The Hall–Kier alpha value is -1.42. The maximum Gasteiger partial charge on any atom is 0.313 e. The minimum atomic E-state index is -3.08. The molecule has 1 aliphatic rings. The summed E-state index contributed by atoms with van der Waals surface area (Å²) in [6.45, 7) is -0.707. The first-order valence-electron chi connectivity index (χ1n) is 3.56. The van der Waals surface area contributed by atoms with Crippen molar-refractivity contribution in [3.8, 4) is 0 Å². The summed E-state index contributed by atoms with van der Waals surface area (Å²) >= 11 is 0. The fraction of sp³-hybridized carbons (Fsp3) is 0.571. The predicted molar refractivity (Wildman–Crippen MR) is 37.9 cm³/mol. The highest BCUT2D eigenvalue weighted by molar-refractivity contribution is 5.77. The Morgan fingerprint density at radius 2 is 2.31 bits per heavy atom. The van der Waals surface area contributed by atoms with E-state index < -0.39 is 30.8 Å². The van der Waals surface area contributed by atoms with Gasteiger partial charge < -0.3 is 10.4 Å². The maximum absolute atomic E-state index is 12.7. The summed E-state index contributed by atoms with van der Waals surface area (Å²) in [5, 5.41) is 10.6. The Morgan fingerprint density at radius 3 is 2.77 bits per heavy atom. The van der Waals surface area contributed by atoms with Crippen LogP contribution in [0.2, 0.25) is 0 Å². The molecular formula is C7H7F2NO3. The van der Waals surface area contributed by atoms with Crippen molar-refractivity contribution >= 4 is 11.9 Å². The van der Waals surface area contributed by atoms with Gasteiger partial charge in [0, 0.05) is 6.42 Å². The first-order chi connectivity index (χ1) is 5.96. The fourth-order valence-electron chi connectivity index (χ4n) is 1.14. The van der Waals surface area contributed by atoms with Crippen molar-refractivity contribution in [1.82, 2.24) is 5.32 Å². The number of piperidine rings is 1. The van der Waals surface area contributed by atoms with Crippen LogP contribution in [0.5, 0.6) is 0 Å². The van der Waals surface area contributed by atoms with Crippen LogP contribution >= 0.6 is 0 Å². The summed E-state index contributed by atoms with van der Waals surface area (Å²) in [5.74, 6) is -4.68. The third-order valence-corrected chi connectivity index (χ3v) is 1.80. The Balaban J connectivity index is 2.87. The van der Waals surface area contributed by atoms with Crippen LogP contribution in [0, 0.1) is 5.92 Å². The summed E-state index contributed by atoms with van der Waals surface area (Å²) in [6.07, 6.45) is -0.847. The van der Waals surface area contributed by atoms with Crippen LogP contribution < -0.4 is 5.32 Å². The van der Waals surface area contributed by atoms with E-state index in [4.69, 9.17) is 5.11 Å². The van der Waals surface area contributed by atoms with Gasteiger partial charge in [-0.2, -0.15) is 0 Å². The molecule has 1 saturated heterocycles. The van der Waals surface area contributed by atoms with Gasteiger partial charge in [0.15, 0.2) is 0 Å². The molecule has 4 nitrogen and oxygen atoms in total. The lowest BCUT2D eigenvalue weighted by atomic mass is 9.94. The zero-order chi connectivity index (χ0) is 10.1. The highest BCUT2D eigenvalue weighted by Crippen LogP contribution is 2.30. The first kappa shape index (κ1) is 9.67. The predicted octanol–water partition coefficient (Wildman–Crippen LogP) is 0.0313. The average Bonchev–Trinajstić information content (AvgIpc) is 2.03. The van der Waals surface area contributed by atoms with Gasteiger partial charge in [-0.05, 0) is 0 Å². The molecule has 0 spiro atoms. The molecule has 0 bridgehead atoms. The minimum Gasteiger partial charge on any atom is -0.481 e. The van der Waals surface area contributed by atoms with Crippen molar-refractivity contribution in [3.63, 3.8) is 0 Å². The summed E-state index contributed by atoms with van der Waals surface area (Å²) in [5.41, 5.74) is -0.307. The molecule has 1 rings (SSSR count). The molecule has 0 aromatic rings. The van der Waals surface area contributed by atoms with Gasteiger partial charge in [-0.1, -0.05) is 0 Å². The fourth-order valence-corrected chi connectivity index (χ4v) is 1.14. The van der Waals surface area contributed by atoms with Gasteiger partial charge in [-0.15, -0.1) is 0 Å². The number of nitrogens with one attached hydrogen (secondary N) is 1. The van der Waals surface area contributed by atoms with E-state index >= 15 is 0 Å². The van der Waals surface area contributed by atoms with Crippen molar-refractivity contribution in [1.29, 1.82) is 0 Å². The summed E-state index contributed by atoms with van der Waals surface area (Å²) in [7, 11) is 0. The number of carboxylic acid groups (broad SMARTS) is 1. The molecule has 1 aliphatic heterocycles. The highest BCUT2D eigenvalue weighted by atomic mass is 19.3. The third-order valence-electron chi connectivity index (χ3n) is 1.80. The van der Waals surface area contributed by atoms with Crippen molar-refractivity contribution in [2.75, 3.05) is 6.54 Å². The molecule has 0 aliphatic carbocycles. The standard InChI is InChI=1S/C7H7F2NO3/c8-7(9)1-4(6(12)13)5(2-11)10-3-7/h4,10H,1,3H2,(H,12,13). The number of hydrogen-bond donors (Lipinski definition) is 2. The zero-order valence-electron chi connectivity index (χ0n) is 6.51. The van der Waals surface area contributed by atoms with Gasteiger partial charge in [-0.3, -0.25) is 4.79 Å². The molecule has 1 atom stereocenters. The number of halogens is 2. The van der Waals surface area contributed by atoms with Crippen molar-refractivity contribution in [3.05, 3.63) is 5.70 Å². The number of aliphatic carboxylic acids is 1. The second-order valence-electron chi connectivity index (χ2n) is 2.82. The monoisotopic (exact) mass is 191 g/mol. The molecule has 0 aromatic carbocycles. The van der Waals surface area contributed by atoms with E-state index in [-0.39, 0.29) is 5.70 Å². The Labute approximate surface area is 72.2 Å². The van der Waals surface area contributed by atoms with Crippen LogP contribution in [0.3, 0.4) is 0 Å². The van der Waals surface area contributed by atoms with E-state index in [2.05, 4.69) is 5.32 Å². The van der Waals surface area contributed by atoms with Crippen LogP contribution in [-0.4, -0.2) is 29.5 Å². The van der Waals surface area contributed by atoms with Crippen LogP contribution in [-0.2, 0) is 9.59 Å². The number of rotatable bonds is 1. The molecule has 1 heterocycles. The summed E-state index contributed by atoms with van der Waals surface area (Å²) in [4.78, 5) is 20.6. The molecule has 0 aromatic heterocycles. The average molecular weight is 191 g/mol. The quantitative estimate of drug-likeness (QED) is 0.574. The lowest BCUT2D eigenvalue weighted by Gasteiger charge is -2.28. The SMILES string of the molecule is O=C=C1NCC(F)(F)CC1C(=O)O. The number of carbonyl (C=O) groups is 1. The van der Waals surface area contributed by atoms with Gasteiger partial charge in [0.05, 0.1) is 6.54 Å². The first-order valence-corrected chi connectivity index (χ1v) is 3.56. The number of carbonyl (C=O) groups excluding carboxylic acids is 1. The van der Waals surface area contributed by atoms with Crippen molar-refractivity contribution in [2.24, 2.45) is 5.92 Å². The van der Waals surface area contributed by atoms with E-state index in [9.17, 15) is 18.4 Å². The molecule has 2 N–H and O–H groups in total. The van der Waals surface area contributed by atoms with Gasteiger partial charge in [0.1, 0.15) is 17.6 Å². The van der Waals surface area contributed by atoms with E-state index in [1.165, 1.54) is 5.94 Å². The topological polar surface area (TPSA) is 66.4 Å². The summed E-state index contributed by atoms with van der Waals surface area (Å²) in [6, 6.07) is 0. The molecule has 6 heteroatoms. The lowest BCUT2D eigenvalue weighted by Crippen LogP contribution is -2.45. The van der Waals surface area contributed by atoms with Crippen molar-refractivity contribution < 1.29 is 23.5 Å². The Morgan fingerprint density at radius 1 is 1.69 bits per heavy atom. The van der Waals surface area contributed by atoms with Gasteiger partial charge in [-0.25, -0.2) is 13.6 Å². The van der Waals surface area contributed by atoms with Crippen LogP contribution in [0.15, 0.2) is 5.70 Å². The largest absolute Gasteiger partial charge is 0.481 e. The van der Waals surface area contributed by atoms with E-state index in [0.29, 0.717) is 0 Å². The molecule has 1 unspecified atom stereocenters. The number of alkyl halides is 2. The Kier molecular flexibility index (Phi) is 2.34. The molecule has 0 radical (unpaired) electrons. The number of hydrogen-bond acceptors (Lipinski definition) is 3. The molecule has 1 fully saturated rings.